The van der Waals surface area contributed by atoms with E-state index in [1.807, 2.05) is 0 Å². The summed E-state index contributed by atoms with van der Waals surface area (Å²) in [5.41, 5.74) is -0.0482. The molecule has 33 heavy (non-hydrogen) atoms. The predicted molar refractivity (Wildman–Crippen MR) is 97.2 cm³/mol. The second-order valence-electron chi connectivity index (χ2n) is 7.12. The number of rotatable bonds is 4. The Hall–Kier alpha value is -2.97. The number of halogens is 9. The maximum absolute atomic E-state index is 14.6. The van der Waals surface area contributed by atoms with Gasteiger partial charge >= 0.3 is 18.3 Å². The van der Waals surface area contributed by atoms with Gasteiger partial charge in [0.15, 0.2) is 6.10 Å². The monoisotopic (exact) mass is 502 g/mol. The molecule has 16 heteroatoms. The van der Waals surface area contributed by atoms with Gasteiger partial charge in [0, 0.05) is 23.7 Å². The molecule has 1 aliphatic heterocycles. The van der Waals surface area contributed by atoms with Crippen molar-refractivity contribution in [2.24, 2.45) is 0 Å². The third-order valence-corrected chi connectivity index (χ3v) is 4.80. The third kappa shape index (κ3) is 5.02. The van der Waals surface area contributed by atoms with Gasteiger partial charge in [-0.1, -0.05) is 11.6 Å². The van der Waals surface area contributed by atoms with Crippen LogP contribution in [0.15, 0.2) is 24.5 Å². The van der Waals surface area contributed by atoms with Crippen molar-refractivity contribution < 1.29 is 39.9 Å². The summed E-state index contributed by atoms with van der Waals surface area (Å²) in [4.78, 5) is 10.9. The van der Waals surface area contributed by atoms with Gasteiger partial charge in [-0.05, 0) is 0 Å². The highest BCUT2D eigenvalue weighted by atomic mass is 35.5. The van der Waals surface area contributed by atoms with Gasteiger partial charge in [0.2, 0.25) is 11.7 Å². The van der Waals surface area contributed by atoms with Crippen LogP contribution < -0.4 is 9.64 Å². The molecule has 3 aromatic rings. The molecule has 0 bridgehead atoms. The number of hydrogen-bond acceptors (Lipinski definition) is 6. The first kappa shape index (κ1) is 23.2. The van der Waals surface area contributed by atoms with Crippen LogP contribution in [0.3, 0.4) is 0 Å². The molecule has 1 unspecified atom stereocenters. The van der Waals surface area contributed by atoms with E-state index in [4.69, 9.17) is 16.3 Å². The van der Waals surface area contributed by atoms with Gasteiger partial charge < -0.3 is 9.64 Å². The molecule has 0 N–H and O–H groups in total. The van der Waals surface area contributed by atoms with E-state index in [9.17, 15) is 35.1 Å². The average molecular weight is 503 g/mol. The van der Waals surface area contributed by atoms with E-state index in [2.05, 4.69) is 20.1 Å². The number of ether oxygens (including phenoxy) is 1. The molecule has 178 valence electrons. The Labute approximate surface area is 183 Å². The van der Waals surface area contributed by atoms with Crippen molar-refractivity contribution in [2.75, 3.05) is 18.0 Å². The zero-order valence-electron chi connectivity index (χ0n) is 16.0. The summed E-state index contributed by atoms with van der Waals surface area (Å²) in [6.07, 6.45) is -9.17. The van der Waals surface area contributed by atoms with Gasteiger partial charge in [0.25, 0.3) is 0 Å². The zero-order valence-corrected chi connectivity index (χ0v) is 16.8. The second kappa shape index (κ2) is 7.81. The smallest absolute Gasteiger partial charge is 0.451 e. The highest BCUT2D eigenvalue weighted by Gasteiger charge is 2.51. The normalized spacial score (nSPS) is 18.8. The molecule has 7 nitrogen and oxygen atoms in total. The van der Waals surface area contributed by atoms with E-state index >= 15 is 0 Å². The molecule has 1 saturated heterocycles. The number of anilines is 1. The fourth-order valence-electron chi connectivity index (χ4n) is 3.21. The summed E-state index contributed by atoms with van der Waals surface area (Å²) in [6.45, 7) is -3.06. The molecule has 0 aromatic carbocycles. The van der Waals surface area contributed by atoms with Gasteiger partial charge in [-0.15, -0.1) is 0 Å². The first-order valence-corrected chi connectivity index (χ1v) is 9.39. The largest absolute Gasteiger partial charge is 0.466 e. The molecule has 0 aliphatic carbocycles. The maximum atomic E-state index is 14.6. The standard InChI is InChI=1S/C17H11ClF8N6O/c18-11-2-12(30-14(29-11)17(24,25)26)31-5-10(15(19,20)6-31)33-13-1-9-8(3-27-13)4-28-32(9)7-16(21,22)23/h1-4,10H,5-7H2. The summed E-state index contributed by atoms with van der Waals surface area (Å²) in [5, 5.41) is 3.23. The lowest BCUT2D eigenvalue weighted by molar-refractivity contribution is -0.145. The van der Waals surface area contributed by atoms with E-state index in [0.29, 0.717) is 4.68 Å². The molecule has 3 aromatic heterocycles. The minimum atomic E-state index is -4.95. The van der Waals surface area contributed by atoms with Crippen LogP contribution in [0.5, 0.6) is 5.88 Å². The van der Waals surface area contributed by atoms with Gasteiger partial charge in [0.1, 0.15) is 17.5 Å². The van der Waals surface area contributed by atoms with Crippen LogP contribution in [-0.2, 0) is 12.7 Å². The molecule has 4 rings (SSSR count). The van der Waals surface area contributed by atoms with E-state index in [0.717, 1.165) is 29.4 Å². The SMILES string of the molecule is FC(F)(F)Cn1ncc2cnc(OC3CN(c4cc(Cl)nc(C(F)(F)F)n4)CC3(F)F)cc21. The first-order chi connectivity index (χ1) is 15.2. The van der Waals surface area contributed by atoms with Crippen LogP contribution in [0.2, 0.25) is 5.15 Å². The summed E-state index contributed by atoms with van der Waals surface area (Å²) < 4.78 is 112. The van der Waals surface area contributed by atoms with Crippen molar-refractivity contribution in [3.05, 3.63) is 35.5 Å². The zero-order chi connectivity index (χ0) is 24.2. The van der Waals surface area contributed by atoms with Crippen LogP contribution in [0, 0.1) is 0 Å². The molecule has 4 heterocycles. The number of nitrogens with zero attached hydrogens (tertiary/aromatic N) is 6. The second-order valence-corrected chi connectivity index (χ2v) is 7.50. The highest BCUT2D eigenvalue weighted by Crippen LogP contribution is 2.36. The molecule has 0 spiro atoms. The molecule has 0 radical (unpaired) electrons. The fraction of sp³-hybridized carbons (Fsp3) is 0.412. The number of hydrogen-bond donors (Lipinski definition) is 0. The minimum absolute atomic E-state index is 0.0482. The van der Waals surface area contributed by atoms with Crippen molar-refractivity contribution in [1.29, 1.82) is 0 Å². The molecule has 1 fully saturated rings. The van der Waals surface area contributed by atoms with Crippen molar-refractivity contribution in [3.8, 4) is 5.88 Å². The molecule has 1 aliphatic rings. The average Bonchev–Trinajstić information content (AvgIpc) is 3.19. The van der Waals surface area contributed by atoms with Gasteiger partial charge in [-0.25, -0.2) is 23.7 Å². The Balaban J connectivity index is 1.58. The van der Waals surface area contributed by atoms with E-state index in [-0.39, 0.29) is 10.9 Å². The highest BCUT2D eigenvalue weighted by molar-refractivity contribution is 6.29. The number of fused-ring (bicyclic) bond motifs is 1. The lowest BCUT2D eigenvalue weighted by atomic mass is 10.2. The van der Waals surface area contributed by atoms with Crippen molar-refractivity contribution in [2.45, 2.75) is 30.9 Å². The lowest BCUT2D eigenvalue weighted by Crippen LogP contribution is -2.36. The van der Waals surface area contributed by atoms with Gasteiger partial charge in [-0.2, -0.15) is 31.4 Å². The quantitative estimate of drug-likeness (QED) is 0.390. The molecular formula is C17H11ClF8N6O. The Kier molecular flexibility index (Phi) is 5.49. The summed E-state index contributed by atoms with van der Waals surface area (Å²) in [5.74, 6) is -6.05. The Morgan fingerprint density at radius 3 is 2.48 bits per heavy atom. The maximum Gasteiger partial charge on any atom is 0.451 e. The van der Waals surface area contributed by atoms with E-state index in [1.54, 1.807) is 0 Å². The molecule has 1 atom stereocenters. The van der Waals surface area contributed by atoms with Crippen molar-refractivity contribution in [3.63, 3.8) is 0 Å². The van der Waals surface area contributed by atoms with Crippen LogP contribution in [0.25, 0.3) is 10.9 Å². The van der Waals surface area contributed by atoms with Crippen LogP contribution in [0.4, 0.5) is 40.9 Å². The van der Waals surface area contributed by atoms with Crippen LogP contribution >= 0.6 is 11.6 Å². The number of alkyl halides is 8. The molecule has 0 amide bonds. The van der Waals surface area contributed by atoms with Crippen LogP contribution in [-0.4, -0.2) is 56.0 Å². The molecular weight excluding hydrogens is 492 g/mol. The Bertz CT molecular complexity index is 1180. The first-order valence-electron chi connectivity index (χ1n) is 9.01. The Morgan fingerprint density at radius 2 is 1.82 bits per heavy atom. The summed E-state index contributed by atoms with van der Waals surface area (Å²) in [7, 11) is 0. The summed E-state index contributed by atoms with van der Waals surface area (Å²) in [6, 6.07) is 1.92. The summed E-state index contributed by atoms with van der Waals surface area (Å²) >= 11 is 5.58. The van der Waals surface area contributed by atoms with Gasteiger partial charge in [-0.3, -0.25) is 4.68 Å². The van der Waals surface area contributed by atoms with E-state index in [1.165, 1.54) is 0 Å². The lowest BCUT2D eigenvalue weighted by Gasteiger charge is -2.18. The number of pyridine rings is 1. The van der Waals surface area contributed by atoms with Crippen LogP contribution in [0.1, 0.15) is 5.82 Å². The van der Waals surface area contributed by atoms with E-state index < -0.39 is 66.7 Å². The van der Waals surface area contributed by atoms with Crippen molar-refractivity contribution in [1.82, 2.24) is 24.7 Å². The fourth-order valence-corrected chi connectivity index (χ4v) is 3.38. The minimum Gasteiger partial charge on any atom is -0.466 e. The third-order valence-electron chi connectivity index (χ3n) is 4.61. The Morgan fingerprint density at radius 1 is 1.09 bits per heavy atom. The predicted octanol–water partition coefficient (Wildman–Crippen LogP) is 4.36. The molecule has 0 saturated carbocycles. The number of aromatic nitrogens is 5. The topological polar surface area (TPSA) is 69.0 Å². The van der Waals surface area contributed by atoms with Crippen molar-refractivity contribution >= 4 is 28.3 Å². The van der Waals surface area contributed by atoms with Gasteiger partial charge in [0.05, 0.1) is 24.8 Å².